The number of hydrogen-bond donors (Lipinski definition) is 0. The van der Waals surface area contributed by atoms with Crippen molar-refractivity contribution in [1.82, 2.24) is 24.9 Å². The first-order chi connectivity index (χ1) is 23.8. The zero-order chi connectivity index (χ0) is 32.1. The third-order valence-electron chi connectivity index (χ3n) is 8.23. The predicted octanol–water partition coefficient (Wildman–Crippen LogP) is 10.3. The monoisotopic (exact) mass is 615 g/mol. The second-order valence-electron chi connectivity index (χ2n) is 11.4. The predicted molar refractivity (Wildman–Crippen MR) is 193 cm³/mol. The van der Waals surface area contributed by atoms with Crippen molar-refractivity contribution >= 4 is 0 Å². The van der Waals surface area contributed by atoms with E-state index >= 15 is 0 Å². The molecule has 0 fully saturated rings. The smallest absolute Gasteiger partial charge is 0.160 e. The number of pyridine rings is 3. The highest BCUT2D eigenvalue weighted by Crippen LogP contribution is 2.35. The van der Waals surface area contributed by atoms with Crippen molar-refractivity contribution in [3.05, 3.63) is 176 Å². The Labute approximate surface area is 279 Å². The number of hydrogen-bond acceptors (Lipinski definition) is 5. The topological polar surface area (TPSA) is 64.5 Å². The van der Waals surface area contributed by atoms with Crippen molar-refractivity contribution in [3.8, 4) is 78.9 Å². The van der Waals surface area contributed by atoms with Crippen LogP contribution in [0.5, 0.6) is 0 Å². The fourth-order valence-corrected chi connectivity index (χ4v) is 5.82. The molecule has 0 aliphatic rings. The first-order valence-electron chi connectivity index (χ1n) is 15.8. The van der Waals surface area contributed by atoms with Crippen molar-refractivity contribution in [2.24, 2.45) is 0 Å². The molecule has 0 aliphatic heterocycles. The lowest BCUT2D eigenvalue weighted by Gasteiger charge is -2.14. The van der Waals surface area contributed by atoms with Crippen molar-refractivity contribution in [1.29, 1.82) is 0 Å². The standard InChI is InChI=1S/C43H29N5/c1-4-13-30(14-5-1)32-21-23-33(24-22-32)38-29-39(48-43(47-38)34-17-8-3-9-18-34)36-19-12-26-45-42(36)41-28-35(31-15-6-2-7-16-31)27-40(46-41)37-20-10-11-25-44-37/h1-29H. The van der Waals surface area contributed by atoms with Crippen LogP contribution in [0.2, 0.25) is 0 Å². The summed E-state index contributed by atoms with van der Waals surface area (Å²) in [5, 5.41) is 0. The van der Waals surface area contributed by atoms with Crippen LogP contribution in [0.15, 0.2) is 176 Å². The van der Waals surface area contributed by atoms with Gasteiger partial charge in [0.05, 0.1) is 34.2 Å². The largest absolute Gasteiger partial charge is 0.255 e. The Hall–Kier alpha value is -6.59. The van der Waals surface area contributed by atoms with Crippen LogP contribution in [0.3, 0.4) is 0 Å². The van der Waals surface area contributed by atoms with E-state index in [0.29, 0.717) is 5.82 Å². The molecule has 48 heavy (non-hydrogen) atoms. The second kappa shape index (κ2) is 13.0. The zero-order valence-electron chi connectivity index (χ0n) is 26.0. The van der Waals surface area contributed by atoms with Crippen LogP contribution < -0.4 is 0 Å². The van der Waals surface area contributed by atoms with Crippen LogP contribution in [0.4, 0.5) is 0 Å². The van der Waals surface area contributed by atoms with E-state index in [1.165, 1.54) is 5.56 Å². The van der Waals surface area contributed by atoms with Gasteiger partial charge in [0.2, 0.25) is 0 Å². The van der Waals surface area contributed by atoms with Gasteiger partial charge in [0.25, 0.3) is 0 Å². The summed E-state index contributed by atoms with van der Waals surface area (Å²) in [5.41, 5.74) is 11.9. The van der Waals surface area contributed by atoms with Gasteiger partial charge < -0.3 is 0 Å². The summed E-state index contributed by atoms with van der Waals surface area (Å²) < 4.78 is 0. The Balaban J connectivity index is 1.29. The Morgan fingerprint density at radius 1 is 0.292 bits per heavy atom. The second-order valence-corrected chi connectivity index (χ2v) is 11.4. The van der Waals surface area contributed by atoms with Crippen molar-refractivity contribution < 1.29 is 0 Å². The van der Waals surface area contributed by atoms with Crippen molar-refractivity contribution in [3.63, 3.8) is 0 Å². The van der Waals surface area contributed by atoms with E-state index in [1.54, 1.807) is 12.4 Å². The third-order valence-corrected chi connectivity index (χ3v) is 8.23. The third kappa shape index (κ3) is 6.00. The maximum atomic E-state index is 5.12. The summed E-state index contributed by atoms with van der Waals surface area (Å²) in [6.45, 7) is 0. The molecule has 4 heterocycles. The van der Waals surface area contributed by atoms with Gasteiger partial charge in [0, 0.05) is 29.1 Å². The zero-order valence-corrected chi connectivity index (χ0v) is 26.0. The van der Waals surface area contributed by atoms with E-state index in [0.717, 1.165) is 67.5 Å². The number of nitrogens with zero attached hydrogens (tertiary/aromatic N) is 5. The minimum atomic E-state index is 0.644. The molecular weight excluding hydrogens is 587 g/mol. The van der Waals surface area contributed by atoms with Gasteiger partial charge >= 0.3 is 0 Å². The fourth-order valence-electron chi connectivity index (χ4n) is 5.82. The summed E-state index contributed by atoms with van der Waals surface area (Å²) in [4.78, 5) is 24.8. The van der Waals surface area contributed by atoms with Gasteiger partial charge in [0.1, 0.15) is 0 Å². The molecule has 0 bridgehead atoms. The average molecular weight is 616 g/mol. The van der Waals surface area contributed by atoms with E-state index in [9.17, 15) is 0 Å². The molecule has 8 rings (SSSR count). The van der Waals surface area contributed by atoms with Crippen LogP contribution in [0.25, 0.3) is 78.9 Å². The van der Waals surface area contributed by atoms with Gasteiger partial charge in [-0.2, -0.15) is 0 Å². The SMILES string of the molecule is c1ccc(-c2ccc(-c3cc(-c4cccnc4-c4cc(-c5ccccc5)cc(-c5ccccn5)n4)nc(-c4ccccc4)n3)cc2)cc1. The van der Waals surface area contributed by atoms with Gasteiger partial charge in [-0.1, -0.05) is 121 Å². The lowest BCUT2D eigenvalue weighted by Crippen LogP contribution is -1.99. The van der Waals surface area contributed by atoms with E-state index in [-0.39, 0.29) is 0 Å². The summed E-state index contributed by atoms with van der Waals surface area (Å²) in [5.74, 6) is 0.644. The molecule has 5 nitrogen and oxygen atoms in total. The fraction of sp³-hybridized carbons (Fsp3) is 0. The summed E-state index contributed by atoms with van der Waals surface area (Å²) in [6.07, 6.45) is 3.59. The van der Waals surface area contributed by atoms with E-state index in [1.807, 2.05) is 84.9 Å². The Kier molecular flexibility index (Phi) is 7.83. The first-order valence-corrected chi connectivity index (χ1v) is 15.8. The first kappa shape index (κ1) is 28.9. The highest BCUT2D eigenvalue weighted by atomic mass is 14.9. The molecule has 4 aromatic heterocycles. The molecule has 8 aromatic rings. The minimum Gasteiger partial charge on any atom is -0.255 e. The Bertz CT molecular complexity index is 2250. The molecule has 0 saturated heterocycles. The van der Waals surface area contributed by atoms with Crippen LogP contribution in [-0.2, 0) is 0 Å². The van der Waals surface area contributed by atoms with Crippen LogP contribution in [0, 0.1) is 0 Å². The number of benzene rings is 4. The van der Waals surface area contributed by atoms with Gasteiger partial charge in [0.15, 0.2) is 5.82 Å². The molecule has 4 aromatic carbocycles. The van der Waals surface area contributed by atoms with Crippen LogP contribution in [-0.4, -0.2) is 24.9 Å². The van der Waals surface area contributed by atoms with Gasteiger partial charge in [-0.05, 0) is 64.7 Å². The van der Waals surface area contributed by atoms with E-state index in [2.05, 4.69) is 83.8 Å². The van der Waals surface area contributed by atoms with Crippen molar-refractivity contribution in [2.75, 3.05) is 0 Å². The summed E-state index contributed by atoms with van der Waals surface area (Å²) in [7, 11) is 0. The highest BCUT2D eigenvalue weighted by molar-refractivity contribution is 5.84. The van der Waals surface area contributed by atoms with Crippen molar-refractivity contribution in [2.45, 2.75) is 0 Å². The molecule has 226 valence electrons. The van der Waals surface area contributed by atoms with Gasteiger partial charge in [-0.3, -0.25) is 9.97 Å². The number of rotatable bonds is 7. The molecule has 0 radical (unpaired) electrons. The Morgan fingerprint density at radius 2 is 0.854 bits per heavy atom. The molecule has 5 heteroatoms. The summed E-state index contributed by atoms with van der Waals surface area (Å²) in [6, 6.07) is 55.4. The van der Waals surface area contributed by atoms with E-state index in [4.69, 9.17) is 19.9 Å². The molecule has 0 unspecified atom stereocenters. The molecule has 0 aliphatic carbocycles. The average Bonchev–Trinajstić information content (AvgIpc) is 3.19. The Morgan fingerprint density at radius 3 is 1.54 bits per heavy atom. The molecular formula is C43H29N5. The molecule has 0 spiro atoms. The van der Waals surface area contributed by atoms with Crippen LogP contribution >= 0.6 is 0 Å². The number of aromatic nitrogens is 5. The highest BCUT2D eigenvalue weighted by Gasteiger charge is 2.18. The van der Waals surface area contributed by atoms with E-state index < -0.39 is 0 Å². The molecule has 0 amide bonds. The summed E-state index contributed by atoms with van der Waals surface area (Å²) >= 11 is 0. The lowest BCUT2D eigenvalue weighted by atomic mass is 9.99. The molecule has 0 saturated carbocycles. The van der Waals surface area contributed by atoms with Crippen LogP contribution in [0.1, 0.15) is 0 Å². The molecule has 0 atom stereocenters. The normalized spacial score (nSPS) is 10.9. The van der Waals surface area contributed by atoms with Gasteiger partial charge in [-0.15, -0.1) is 0 Å². The molecule has 0 N–H and O–H groups in total. The minimum absolute atomic E-state index is 0.644. The van der Waals surface area contributed by atoms with Gasteiger partial charge in [-0.25, -0.2) is 15.0 Å². The quantitative estimate of drug-likeness (QED) is 0.178. The maximum absolute atomic E-state index is 5.12. The maximum Gasteiger partial charge on any atom is 0.160 e. The lowest BCUT2D eigenvalue weighted by molar-refractivity contribution is 1.17.